The van der Waals surface area contributed by atoms with E-state index in [-0.39, 0.29) is 0 Å². The van der Waals surface area contributed by atoms with Crippen molar-refractivity contribution >= 4 is 32.9 Å². The molecule has 0 saturated carbocycles. The minimum absolute atomic E-state index is 0.301. The number of fused-ring (bicyclic) bond motifs is 2. The minimum Gasteiger partial charge on any atom is -0.145 e. The Bertz CT molecular complexity index is 1010. The maximum absolute atomic E-state index is 11.4. The van der Waals surface area contributed by atoms with Gasteiger partial charge in [0.2, 0.25) is 0 Å². The van der Waals surface area contributed by atoms with Crippen molar-refractivity contribution < 1.29 is 0 Å². The smallest absolute Gasteiger partial charge is 0.116 e. The van der Waals surface area contributed by atoms with Gasteiger partial charge in [0.25, 0.3) is 0 Å². The summed E-state index contributed by atoms with van der Waals surface area (Å²) in [6.45, 7) is 0. The van der Waals surface area contributed by atoms with Gasteiger partial charge in [-0.15, -0.1) is 9.81 Å². The molecule has 4 aromatic rings. The van der Waals surface area contributed by atoms with Crippen molar-refractivity contribution in [1.29, 1.82) is 0 Å². The molecule has 0 unspecified atom stereocenters. The van der Waals surface area contributed by atoms with Crippen LogP contribution in [-0.2, 0) is 0 Å². The van der Waals surface area contributed by atoms with Gasteiger partial charge >= 0.3 is 0 Å². The quantitative estimate of drug-likeness (QED) is 0.408. The van der Waals surface area contributed by atoms with Crippen molar-refractivity contribution in [2.75, 3.05) is 0 Å². The summed E-state index contributed by atoms with van der Waals surface area (Å²) in [4.78, 5) is 22.8. The number of nitroso groups, excluding NO2 is 2. The highest BCUT2D eigenvalue weighted by Crippen LogP contribution is 2.45. The Labute approximate surface area is 137 Å². The molecule has 0 amide bonds. The van der Waals surface area contributed by atoms with Gasteiger partial charge in [0, 0.05) is 11.1 Å². The highest BCUT2D eigenvalue weighted by molar-refractivity contribution is 6.12. The van der Waals surface area contributed by atoms with Crippen LogP contribution in [0.4, 0.5) is 11.4 Å². The molecule has 24 heavy (non-hydrogen) atoms. The Morgan fingerprint density at radius 1 is 0.500 bits per heavy atom. The van der Waals surface area contributed by atoms with Gasteiger partial charge in [-0.3, -0.25) is 0 Å². The molecule has 0 aliphatic heterocycles. The fourth-order valence-electron chi connectivity index (χ4n) is 3.20. The standard InChI is InChI=1S/C20H12N2O2/c23-21-17-11-9-13-5-1-3-7-15(13)19(17)20-16-8-4-2-6-14(16)10-12-18(20)22-24/h1-12H. The maximum Gasteiger partial charge on any atom is 0.116 e. The molecule has 4 heteroatoms. The van der Waals surface area contributed by atoms with Crippen molar-refractivity contribution in [2.45, 2.75) is 0 Å². The lowest BCUT2D eigenvalue weighted by molar-refractivity contribution is 1.48. The van der Waals surface area contributed by atoms with Crippen LogP contribution < -0.4 is 0 Å². The summed E-state index contributed by atoms with van der Waals surface area (Å²) in [6, 6.07) is 22.5. The van der Waals surface area contributed by atoms with Crippen LogP contribution in [0, 0.1) is 9.81 Å². The summed E-state index contributed by atoms with van der Waals surface area (Å²) in [7, 11) is 0. The van der Waals surface area contributed by atoms with Crippen LogP contribution in [0.5, 0.6) is 0 Å². The van der Waals surface area contributed by atoms with Gasteiger partial charge < -0.3 is 0 Å². The Kier molecular flexibility index (Phi) is 3.35. The lowest BCUT2D eigenvalue weighted by atomic mass is 9.91. The van der Waals surface area contributed by atoms with E-state index in [0.29, 0.717) is 22.5 Å². The molecule has 0 bridgehead atoms. The number of nitrogens with zero attached hydrogens (tertiary/aromatic N) is 2. The first-order chi connectivity index (χ1) is 11.8. The van der Waals surface area contributed by atoms with E-state index in [1.54, 1.807) is 12.1 Å². The molecule has 0 aliphatic rings. The Balaban J connectivity index is 2.25. The predicted octanol–water partition coefficient (Wildman–Crippen LogP) is 6.46. The third kappa shape index (κ3) is 2.08. The van der Waals surface area contributed by atoms with Gasteiger partial charge in [-0.25, -0.2) is 0 Å². The first-order valence-electron chi connectivity index (χ1n) is 7.54. The zero-order valence-electron chi connectivity index (χ0n) is 12.6. The molecule has 0 heterocycles. The highest BCUT2D eigenvalue weighted by Gasteiger charge is 2.17. The monoisotopic (exact) mass is 312 g/mol. The number of rotatable bonds is 3. The molecule has 0 aromatic heterocycles. The van der Waals surface area contributed by atoms with E-state index in [0.717, 1.165) is 21.5 Å². The second-order valence-corrected chi connectivity index (χ2v) is 5.54. The van der Waals surface area contributed by atoms with E-state index in [1.807, 2.05) is 60.7 Å². The van der Waals surface area contributed by atoms with E-state index >= 15 is 0 Å². The second-order valence-electron chi connectivity index (χ2n) is 5.54. The molecular weight excluding hydrogens is 300 g/mol. The Morgan fingerprint density at radius 2 is 0.917 bits per heavy atom. The molecule has 0 radical (unpaired) electrons. The van der Waals surface area contributed by atoms with Gasteiger partial charge in [0.1, 0.15) is 11.4 Å². The third-order valence-corrected chi connectivity index (χ3v) is 4.26. The molecule has 0 N–H and O–H groups in total. The van der Waals surface area contributed by atoms with Crippen molar-refractivity contribution in [3.63, 3.8) is 0 Å². The van der Waals surface area contributed by atoms with Crippen LogP contribution in [0.15, 0.2) is 83.2 Å². The number of hydrogen-bond acceptors (Lipinski definition) is 4. The fourth-order valence-corrected chi connectivity index (χ4v) is 3.20. The van der Waals surface area contributed by atoms with Crippen LogP contribution in [0.25, 0.3) is 32.7 Å². The van der Waals surface area contributed by atoms with Crippen LogP contribution in [0.2, 0.25) is 0 Å². The summed E-state index contributed by atoms with van der Waals surface area (Å²) in [5.74, 6) is 0. The van der Waals surface area contributed by atoms with Crippen LogP contribution in [-0.4, -0.2) is 0 Å². The molecule has 0 spiro atoms. The van der Waals surface area contributed by atoms with Crippen LogP contribution >= 0.6 is 0 Å². The van der Waals surface area contributed by atoms with E-state index in [9.17, 15) is 9.81 Å². The average Bonchev–Trinajstić information content (AvgIpc) is 2.66. The number of hydrogen-bond donors (Lipinski definition) is 0. The molecule has 4 rings (SSSR count). The van der Waals surface area contributed by atoms with Gasteiger partial charge in [0.05, 0.1) is 0 Å². The van der Waals surface area contributed by atoms with Crippen molar-refractivity contribution in [3.05, 3.63) is 82.6 Å². The molecule has 4 aromatic carbocycles. The van der Waals surface area contributed by atoms with Gasteiger partial charge in [-0.2, -0.15) is 0 Å². The second kappa shape index (κ2) is 5.66. The summed E-state index contributed by atoms with van der Waals surface area (Å²) in [5.41, 5.74) is 1.90. The van der Waals surface area contributed by atoms with Crippen molar-refractivity contribution in [2.24, 2.45) is 10.4 Å². The van der Waals surface area contributed by atoms with Crippen LogP contribution in [0.1, 0.15) is 0 Å². The lowest BCUT2D eigenvalue weighted by Gasteiger charge is -2.13. The molecule has 0 aliphatic carbocycles. The van der Waals surface area contributed by atoms with Crippen molar-refractivity contribution in [3.8, 4) is 11.1 Å². The van der Waals surface area contributed by atoms with E-state index < -0.39 is 0 Å². The molecule has 0 fully saturated rings. The average molecular weight is 312 g/mol. The highest BCUT2D eigenvalue weighted by atomic mass is 16.3. The van der Waals surface area contributed by atoms with Gasteiger partial charge in [-0.05, 0) is 44.0 Å². The van der Waals surface area contributed by atoms with Gasteiger partial charge in [-0.1, -0.05) is 60.7 Å². The molecular formula is C20H12N2O2. The van der Waals surface area contributed by atoms with Gasteiger partial charge in [0.15, 0.2) is 0 Å². The largest absolute Gasteiger partial charge is 0.145 e. The summed E-state index contributed by atoms with van der Waals surface area (Å²) in [5, 5.41) is 10.1. The summed E-state index contributed by atoms with van der Waals surface area (Å²) >= 11 is 0. The third-order valence-electron chi connectivity index (χ3n) is 4.26. The van der Waals surface area contributed by atoms with E-state index in [2.05, 4.69) is 10.4 Å². The Hall–Kier alpha value is -3.40. The molecule has 0 saturated heterocycles. The maximum atomic E-state index is 11.4. The normalized spacial score (nSPS) is 10.8. The predicted molar refractivity (Wildman–Crippen MR) is 97.8 cm³/mol. The first kappa shape index (κ1) is 14.2. The topological polar surface area (TPSA) is 58.9 Å². The number of benzene rings is 4. The zero-order chi connectivity index (χ0) is 16.5. The van der Waals surface area contributed by atoms with Crippen molar-refractivity contribution in [1.82, 2.24) is 0 Å². The molecule has 114 valence electrons. The van der Waals surface area contributed by atoms with Crippen LogP contribution in [0.3, 0.4) is 0 Å². The first-order valence-corrected chi connectivity index (χ1v) is 7.54. The minimum atomic E-state index is 0.301. The lowest BCUT2D eigenvalue weighted by Crippen LogP contribution is -1.86. The van der Waals surface area contributed by atoms with E-state index in [1.165, 1.54) is 0 Å². The molecule has 0 atom stereocenters. The summed E-state index contributed by atoms with van der Waals surface area (Å²) < 4.78 is 0. The zero-order valence-corrected chi connectivity index (χ0v) is 12.6. The fraction of sp³-hybridized carbons (Fsp3) is 0. The Morgan fingerprint density at radius 3 is 1.33 bits per heavy atom. The molecule has 4 nitrogen and oxygen atoms in total. The summed E-state index contributed by atoms with van der Waals surface area (Å²) in [6.07, 6.45) is 0. The van der Waals surface area contributed by atoms with E-state index in [4.69, 9.17) is 0 Å². The SMILES string of the molecule is O=Nc1ccc2ccccc2c1-c1c(N=O)ccc2ccccc12.